The number of amides is 2. The van der Waals surface area contributed by atoms with Gasteiger partial charge >= 0.3 is 0 Å². The molecular formula is C22H23FN4O2. The monoisotopic (exact) mass is 394 g/mol. The Morgan fingerprint density at radius 3 is 2.76 bits per heavy atom. The van der Waals surface area contributed by atoms with Crippen LogP contribution in [-0.2, 0) is 6.54 Å². The van der Waals surface area contributed by atoms with E-state index in [2.05, 4.69) is 17.2 Å². The summed E-state index contributed by atoms with van der Waals surface area (Å²) in [5.74, 6) is -0.231. The number of halogens is 1. The van der Waals surface area contributed by atoms with Crippen molar-refractivity contribution in [2.24, 2.45) is 5.92 Å². The molecule has 4 rings (SSSR count). The number of pyridine rings is 1. The van der Waals surface area contributed by atoms with Gasteiger partial charge in [-0.15, -0.1) is 0 Å². The van der Waals surface area contributed by atoms with E-state index in [1.807, 2.05) is 11.0 Å². The number of carbonyl (C=O) groups is 2. The molecule has 3 aromatic rings. The minimum Gasteiger partial charge on any atom is -0.345 e. The van der Waals surface area contributed by atoms with E-state index in [1.54, 1.807) is 34.9 Å². The van der Waals surface area contributed by atoms with Crippen LogP contribution in [0.3, 0.4) is 0 Å². The summed E-state index contributed by atoms with van der Waals surface area (Å²) in [7, 11) is 0. The molecule has 1 fully saturated rings. The van der Waals surface area contributed by atoms with Gasteiger partial charge in [0.25, 0.3) is 11.8 Å². The molecule has 150 valence electrons. The van der Waals surface area contributed by atoms with Crippen LogP contribution in [0.2, 0.25) is 0 Å². The number of rotatable bonds is 4. The van der Waals surface area contributed by atoms with Gasteiger partial charge in [0.2, 0.25) is 5.82 Å². The van der Waals surface area contributed by atoms with Crippen molar-refractivity contribution in [3.8, 4) is 0 Å². The average molecular weight is 394 g/mol. The van der Waals surface area contributed by atoms with Gasteiger partial charge in [0, 0.05) is 25.8 Å². The minimum absolute atomic E-state index is 0.141. The summed E-state index contributed by atoms with van der Waals surface area (Å²) >= 11 is 0. The Morgan fingerprint density at radius 1 is 1.21 bits per heavy atom. The number of fused-ring (bicyclic) bond motifs is 1. The molecule has 3 heterocycles. The highest BCUT2D eigenvalue weighted by Crippen LogP contribution is 2.21. The van der Waals surface area contributed by atoms with Gasteiger partial charge in [-0.1, -0.05) is 25.1 Å². The van der Waals surface area contributed by atoms with Gasteiger partial charge in [-0.25, -0.2) is 9.37 Å². The number of nitrogens with zero attached hydrogens (tertiary/aromatic N) is 3. The summed E-state index contributed by atoms with van der Waals surface area (Å²) in [4.78, 5) is 32.1. The highest BCUT2D eigenvalue weighted by Gasteiger charge is 2.27. The second kappa shape index (κ2) is 8.03. The standard InChI is InChI=1S/C22H23FN4O2/c1-15-5-4-11-26(14-15)22(29)19-18-6-2-3-12-27(18)20(25-19)21(28)24-13-16-7-9-17(23)10-8-16/h2-3,6-10,12,15H,4-5,11,13-14H2,1H3,(H,24,28). The van der Waals surface area contributed by atoms with Crippen LogP contribution in [0.1, 0.15) is 46.4 Å². The first-order valence-corrected chi connectivity index (χ1v) is 9.82. The zero-order chi connectivity index (χ0) is 20.4. The van der Waals surface area contributed by atoms with Crippen LogP contribution in [-0.4, -0.2) is 39.2 Å². The van der Waals surface area contributed by atoms with Crippen molar-refractivity contribution in [3.05, 3.63) is 71.6 Å². The fourth-order valence-electron chi connectivity index (χ4n) is 3.74. The first-order chi connectivity index (χ1) is 14.0. The fourth-order valence-corrected chi connectivity index (χ4v) is 3.74. The normalized spacial score (nSPS) is 16.8. The van der Waals surface area contributed by atoms with E-state index < -0.39 is 0 Å². The van der Waals surface area contributed by atoms with E-state index in [4.69, 9.17) is 0 Å². The number of benzene rings is 1. The number of hydrogen-bond acceptors (Lipinski definition) is 3. The SMILES string of the molecule is CC1CCCN(C(=O)c2nc(C(=O)NCc3ccc(F)cc3)n3ccccc23)C1. The first kappa shape index (κ1) is 19.1. The number of hydrogen-bond donors (Lipinski definition) is 1. The molecule has 0 bridgehead atoms. The molecular weight excluding hydrogens is 371 g/mol. The predicted molar refractivity (Wildman–Crippen MR) is 107 cm³/mol. The zero-order valence-corrected chi connectivity index (χ0v) is 16.3. The van der Waals surface area contributed by atoms with Gasteiger partial charge in [0.1, 0.15) is 5.82 Å². The van der Waals surface area contributed by atoms with Crippen molar-refractivity contribution in [1.82, 2.24) is 19.6 Å². The van der Waals surface area contributed by atoms with Gasteiger partial charge in [0.05, 0.1) is 5.52 Å². The second-order valence-electron chi connectivity index (χ2n) is 7.55. The van der Waals surface area contributed by atoms with Gasteiger partial charge < -0.3 is 10.2 Å². The summed E-state index contributed by atoms with van der Waals surface area (Å²) in [6.07, 6.45) is 3.82. The van der Waals surface area contributed by atoms with Crippen molar-refractivity contribution in [3.63, 3.8) is 0 Å². The molecule has 2 aromatic heterocycles. The van der Waals surface area contributed by atoms with Crippen LogP contribution in [0, 0.1) is 11.7 Å². The van der Waals surface area contributed by atoms with Crippen molar-refractivity contribution < 1.29 is 14.0 Å². The summed E-state index contributed by atoms with van der Waals surface area (Å²) in [6, 6.07) is 11.4. The maximum Gasteiger partial charge on any atom is 0.287 e. The van der Waals surface area contributed by atoms with E-state index in [-0.39, 0.29) is 30.0 Å². The highest BCUT2D eigenvalue weighted by molar-refractivity contribution is 6.02. The van der Waals surface area contributed by atoms with E-state index >= 15 is 0 Å². The number of carbonyl (C=O) groups excluding carboxylic acids is 2. The quantitative estimate of drug-likeness (QED) is 0.739. The average Bonchev–Trinajstić information content (AvgIpc) is 3.12. The Bertz CT molecular complexity index is 1040. The Morgan fingerprint density at radius 2 is 2.00 bits per heavy atom. The van der Waals surface area contributed by atoms with Gasteiger partial charge in [-0.2, -0.15) is 0 Å². The third-order valence-electron chi connectivity index (χ3n) is 5.26. The van der Waals surface area contributed by atoms with Crippen LogP contribution in [0.4, 0.5) is 4.39 Å². The minimum atomic E-state index is -0.387. The number of piperidine rings is 1. The van der Waals surface area contributed by atoms with Crippen molar-refractivity contribution in [2.45, 2.75) is 26.3 Å². The molecule has 1 aliphatic heterocycles. The predicted octanol–water partition coefficient (Wildman–Crippen LogP) is 3.28. The molecule has 0 saturated carbocycles. The maximum absolute atomic E-state index is 13.1. The molecule has 1 aromatic carbocycles. The molecule has 1 aliphatic rings. The Kier molecular flexibility index (Phi) is 5.29. The van der Waals surface area contributed by atoms with Crippen LogP contribution in [0.25, 0.3) is 5.52 Å². The Hall–Kier alpha value is -3.22. The molecule has 1 saturated heterocycles. The van der Waals surface area contributed by atoms with Crippen molar-refractivity contribution >= 4 is 17.3 Å². The lowest BCUT2D eigenvalue weighted by molar-refractivity contribution is 0.0679. The molecule has 2 amide bonds. The maximum atomic E-state index is 13.1. The van der Waals surface area contributed by atoms with Crippen LogP contribution >= 0.6 is 0 Å². The summed E-state index contributed by atoms with van der Waals surface area (Å²) in [5, 5.41) is 2.80. The lowest BCUT2D eigenvalue weighted by atomic mass is 10.00. The van der Waals surface area contributed by atoms with E-state index in [0.29, 0.717) is 30.2 Å². The number of likely N-dealkylation sites (tertiary alicyclic amines) is 1. The fraction of sp³-hybridized carbons (Fsp3) is 0.318. The number of aromatic nitrogens is 2. The molecule has 7 heteroatoms. The van der Waals surface area contributed by atoms with Crippen LogP contribution in [0.5, 0.6) is 0 Å². The second-order valence-corrected chi connectivity index (χ2v) is 7.55. The summed E-state index contributed by atoms with van der Waals surface area (Å²) in [6.45, 7) is 3.80. The van der Waals surface area contributed by atoms with E-state index in [0.717, 1.165) is 18.4 Å². The largest absolute Gasteiger partial charge is 0.345 e. The van der Waals surface area contributed by atoms with Gasteiger partial charge in [-0.3, -0.25) is 14.0 Å². The highest BCUT2D eigenvalue weighted by atomic mass is 19.1. The topological polar surface area (TPSA) is 66.7 Å². The van der Waals surface area contributed by atoms with E-state index in [1.165, 1.54) is 12.1 Å². The number of nitrogens with one attached hydrogen (secondary N) is 1. The Balaban J connectivity index is 1.59. The summed E-state index contributed by atoms with van der Waals surface area (Å²) in [5.41, 5.74) is 1.69. The lowest BCUT2D eigenvalue weighted by Gasteiger charge is -2.30. The third-order valence-corrected chi connectivity index (χ3v) is 5.26. The first-order valence-electron chi connectivity index (χ1n) is 9.82. The molecule has 0 aliphatic carbocycles. The van der Waals surface area contributed by atoms with Crippen molar-refractivity contribution in [1.29, 1.82) is 0 Å². The molecule has 29 heavy (non-hydrogen) atoms. The van der Waals surface area contributed by atoms with Crippen LogP contribution in [0.15, 0.2) is 48.7 Å². The molecule has 0 radical (unpaired) electrons. The van der Waals surface area contributed by atoms with Gasteiger partial charge in [-0.05, 0) is 48.6 Å². The zero-order valence-electron chi connectivity index (χ0n) is 16.3. The van der Waals surface area contributed by atoms with Crippen molar-refractivity contribution in [2.75, 3.05) is 13.1 Å². The molecule has 6 nitrogen and oxygen atoms in total. The third kappa shape index (κ3) is 3.99. The number of imidazole rings is 1. The lowest BCUT2D eigenvalue weighted by Crippen LogP contribution is -2.39. The van der Waals surface area contributed by atoms with E-state index in [9.17, 15) is 14.0 Å². The molecule has 1 atom stereocenters. The smallest absolute Gasteiger partial charge is 0.287 e. The molecule has 1 N–H and O–H groups in total. The summed E-state index contributed by atoms with van der Waals surface area (Å²) < 4.78 is 14.7. The van der Waals surface area contributed by atoms with Crippen LogP contribution < -0.4 is 5.32 Å². The van der Waals surface area contributed by atoms with Gasteiger partial charge in [0.15, 0.2) is 5.69 Å². The molecule has 1 unspecified atom stereocenters. The molecule has 0 spiro atoms. The Labute approximate surface area is 168 Å².